The molecule has 1 N–H and O–H groups in total. The van der Waals surface area contributed by atoms with Gasteiger partial charge in [-0.2, -0.15) is 5.10 Å². The first-order valence-corrected chi connectivity index (χ1v) is 8.67. The molecule has 1 heterocycles. The van der Waals surface area contributed by atoms with E-state index in [1.165, 1.54) is 5.56 Å². The van der Waals surface area contributed by atoms with E-state index in [1.807, 2.05) is 66.7 Å². The molecule has 0 atom stereocenters. The number of hydrazone groups is 1. The molecule has 0 fully saturated rings. The molecular weight excluding hydrogens is 336 g/mol. The fraction of sp³-hybridized carbons (Fsp3) is 0.0455. The SMILES string of the molecule is O=C(Cn1cnc2ccccc21)N/N=C/c1ccc(-c2ccccc2)cc1. The molecule has 0 unspecified atom stereocenters. The standard InChI is InChI=1S/C22H18N4O/c27-22(15-26-16-23-20-8-4-5-9-21(20)26)25-24-14-17-10-12-19(13-11-17)18-6-2-1-3-7-18/h1-14,16H,15H2,(H,25,27)/b24-14+. The molecular formula is C22H18N4O. The number of nitrogens with zero attached hydrogens (tertiary/aromatic N) is 3. The molecule has 3 aromatic carbocycles. The fourth-order valence-corrected chi connectivity index (χ4v) is 2.90. The maximum absolute atomic E-state index is 12.1. The molecule has 0 bridgehead atoms. The Balaban J connectivity index is 1.36. The van der Waals surface area contributed by atoms with Crippen LogP contribution in [0.2, 0.25) is 0 Å². The van der Waals surface area contributed by atoms with Gasteiger partial charge in [0, 0.05) is 0 Å². The summed E-state index contributed by atoms with van der Waals surface area (Å²) >= 11 is 0. The predicted octanol–water partition coefficient (Wildman–Crippen LogP) is 3.85. The van der Waals surface area contributed by atoms with Gasteiger partial charge >= 0.3 is 0 Å². The lowest BCUT2D eigenvalue weighted by molar-refractivity contribution is -0.121. The molecule has 0 radical (unpaired) electrons. The average Bonchev–Trinajstić information content (AvgIpc) is 3.12. The van der Waals surface area contributed by atoms with E-state index in [0.717, 1.165) is 22.2 Å². The summed E-state index contributed by atoms with van der Waals surface area (Å²) in [7, 11) is 0. The smallest absolute Gasteiger partial charge is 0.260 e. The molecule has 0 saturated heterocycles. The van der Waals surface area contributed by atoms with Gasteiger partial charge in [0.05, 0.1) is 23.6 Å². The lowest BCUT2D eigenvalue weighted by Gasteiger charge is -2.03. The maximum atomic E-state index is 12.1. The summed E-state index contributed by atoms with van der Waals surface area (Å²) in [5.74, 6) is -0.199. The predicted molar refractivity (Wildman–Crippen MR) is 107 cm³/mol. The van der Waals surface area contributed by atoms with Crippen molar-refractivity contribution in [1.82, 2.24) is 15.0 Å². The van der Waals surface area contributed by atoms with Crippen LogP contribution in [0.25, 0.3) is 22.2 Å². The van der Waals surface area contributed by atoms with Crippen LogP contribution in [0.4, 0.5) is 0 Å². The Morgan fingerprint density at radius 1 is 0.926 bits per heavy atom. The van der Waals surface area contributed by atoms with Gasteiger partial charge in [-0.1, -0.05) is 66.7 Å². The minimum atomic E-state index is -0.199. The molecule has 4 rings (SSSR count). The van der Waals surface area contributed by atoms with Crippen molar-refractivity contribution in [3.63, 3.8) is 0 Å². The summed E-state index contributed by atoms with van der Waals surface area (Å²) in [5.41, 5.74) is 7.58. The number of amides is 1. The van der Waals surface area contributed by atoms with Gasteiger partial charge in [-0.15, -0.1) is 0 Å². The van der Waals surface area contributed by atoms with Gasteiger partial charge in [0.2, 0.25) is 0 Å². The van der Waals surface area contributed by atoms with Crippen LogP contribution in [-0.4, -0.2) is 21.7 Å². The molecule has 0 aliphatic carbocycles. The minimum Gasteiger partial charge on any atom is -0.321 e. The van der Waals surface area contributed by atoms with Crippen molar-refractivity contribution in [1.29, 1.82) is 0 Å². The topological polar surface area (TPSA) is 59.3 Å². The van der Waals surface area contributed by atoms with Crippen molar-refractivity contribution >= 4 is 23.2 Å². The number of nitrogens with one attached hydrogen (secondary N) is 1. The highest BCUT2D eigenvalue weighted by Gasteiger charge is 2.05. The first-order valence-electron chi connectivity index (χ1n) is 8.67. The lowest BCUT2D eigenvalue weighted by Crippen LogP contribution is -2.22. The number of hydrogen-bond acceptors (Lipinski definition) is 3. The number of benzene rings is 3. The van der Waals surface area contributed by atoms with E-state index in [4.69, 9.17) is 0 Å². The van der Waals surface area contributed by atoms with Gasteiger partial charge < -0.3 is 4.57 Å². The lowest BCUT2D eigenvalue weighted by atomic mass is 10.0. The van der Waals surface area contributed by atoms with Crippen molar-refractivity contribution in [3.8, 4) is 11.1 Å². The van der Waals surface area contributed by atoms with Gasteiger partial charge in [0.1, 0.15) is 6.54 Å². The summed E-state index contributed by atoms with van der Waals surface area (Å²) in [6.45, 7) is 0.171. The van der Waals surface area contributed by atoms with Gasteiger partial charge in [0.15, 0.2) is 0 Å². The Kier molecular flexibility index (Phi) is 4.74. The van der Waals surface area contributed by atoms with Crippen LogP contribution >= 0.6 is 0 Å². The monoisotopic (exact) mass is 354 g/mol. The first-order chi connectivity index (χ1) is 13.3. The van der Waals surface area contributed by atoms with E-state index in [9.17, 15) is 4.79 Å². The normalized spacial score (nSPS) is 11.1. The zero-order valence-electron chi connectivity index (χ0n) is 14.6. The maximum Gasteiger partial charge on any atom is 0.260 e. The van der Waals surface area contributed by atoms with Gasteiger partial charge in [-0.3, -0.25) is 4.79 Å². The fourth-order valence-electron chi connectivity index (χ4n) is 2.90. The number of para-hydroxylation sites is 2. The second kappa shape index (κ2) is 7.66. The Hall–Kier alpha value is -3.73. The molecule has 1 amide bonds. The molecule has 132 valence electrons. The Morgan fingerprint density at radius 2 is 1.63 bits per heavy atom. The van der Waals surface area contributed by atoms with E-state index >= 15 is 0 Å². The molecule has 0 saturated carbocycles. The third kappa shape index (κ3) is 3.93. The van der Waals surface area contributed by atoms with Crippen molar-refractivity contribution in [2.45, 2.75) is 6.54 Å². The molecule has 1 aromatic heterocycles. The number of hydrogen-bond donors (Lipinski definition) is 1. The summed E-state index contributed by atoms with van der Waals surface area (Å²) in [6.07, 6.45) is 3.30. The van der Waals surface area contributed by atoms with Crippen LogP contribution in [0.1, 0.15) is 5.56 Å². The second-order valence-electron chi connectivity index (χ2n) is 6.14. The van der Waals surface area contributed by atoms with E-state index in [1.54, 1.807) is 17.1 Å². The molecule has 5 heteroatoms. The molecule has 0 aliphatic rings. The molecule has 0 spiro atoms. The minimum absolute atomic E-state index is 0.171. The number of aromatic nitrogens is 2. The second-order valence-corrected chi connectivity index (χ2v) is 6.14. The van der Waals surface area contributed by atoms with Crippen LogP contribution in [0.15, 0.2) is 90.3 Å². The highest BCUT2D eigenvalue weighted by atomic mass is 16.2. The molecule has 5 nitrogen and oxygen atoms in total. The zero-order chi connectivity index (χ0) is 18.5. The van der Waals surface area contributed by atoms with Crippen molar-refractivity contribution < 1.29 is 4.79 Å². The molecule has 27 heavy (non-hydrogen) atoms. The van der Waals surface area contributed by atoms with Crippen LogP contribution < -0.4 is 5.43 Å². The van der Waals surface area contributed by atoms with E-state index in [-0.39, 0.29) is 12.5 Å². The number of carbonyl (C=O) groups excluding carboxylic acids is 1. The van der Waals surface area contributed by atoms with Crippen LogP contribution in [-0.2, 0) is 11.3 Å². The van der Waals surface area contributed by atoms with Gasteiger partial charge in [-0.25, -0.2) is 10.4 Å². The van der Waals surface area contributed by atoms with Crippen LogP contribution in [0.5, 0.6) is 0 Å². The third-order valence-electron chi connectivity index (χ3n) is 4.26. The largest absolute Gasteiger partial charge is 0.321 e. The number of imidazole rings is 1. The molecule has 0 aliphatic heterocycles. The van der Waals surface area contributed by atoms with E-state index < -0.39 is 0 Å². The number of carbonyl (C=O) groups is 1. The van der Waals surface area contributed by atoms with Gasteiger partial charge in [-0.05, 0) is 28.8 Å². The number of rotatable bonds is 5. The number of fused-ring (bicyclic) bond motifs is 1. The highest BCUT2D eigenvalue weighted by Crippen LogP contribution is 2.18. The summed E-state index contributed by atoms with van der Waals surface area (Å²) < 4.78 is 1.80. The summed E-state index contributed by atoms with van der Waals surface area (Å²) in [6, 6.07) is 25.9. The van der Waals surface area contributed by atoms with Crippen molar-refractivity contribution in [3.05, 3.63) is 90.8 Å². The van der Waals surface area contributed by atoms with E-state index in [2.05, 4.69) is 27.6 Å². The Morgan fingerprint density at radius 3 is 2.44 bits per heavy atom. The Labute approximate surface area is 157 Å². The van der Waals surface area contributed by atoms with Gasteiger partial charge in [0.25, 0.3) is 5.91 Å². The van der Waals surface area contributed by atoms with Crippen LogP contribution in [0.3, 0.4) is 0 Å². The quantitative estimate of drug-likeness (QED) is 0.437. The Bertz CT molecular complexity index is 1080. The van der Waals surface area contributed by atoms with Crippen molar-refractivity contribution in [2.75, 3.05) is 0 Å². The third-order valence-corrected chi connectivity index (χ3v) is 4.26. The summed E-state index contributed by atoms with van der Waals surface area (Å²) in [5, 5.41) is 4.05. The van der Waals surface area contributed by atoms with E-state index in [0.29, 0.717) is 0 Å². The first kappa shape index (κ1) is 16.7. The van der Waals surface area contributed by atoms with Crippen LogP contribution in [0, 0.1) is 0 Å². The average molecular weight is 354 g/mol. The zero-order valence-corrected chi connectivity index (χ0v) is 14.6. The summed E-state index contributed by atoms with van der Waals surface area (Å²) in [4.78, 5) is 16.4. The van der Waals surface area contributed by atoms with Crippen molar-refractivity contribution in [2.24, 2.45) is 5.10 Å². The highest BCUT2D eigenvalue weighted by molar-refractivity contribution is 5.84. The molecule has 4 aromatic rings.